The van der Waals surface area contributed by atoms with Gasteiger partial charge < -0.3 is 4.42 Å². The number of benzene rings is 7. The number of aromatic nitrogens is 2. The van der Waals surface area contributed by atoms with Crippen LogP contribution in [0.3, 0.4) is 0 Å². The first kappa shape index (κ1) is 30.0. The quantitative estimate of drug-likeness (QED) is 0.185. The Morgan fingerprint density at radius 1 is 0.434 bits per heavy atom. The Labute approximate surface area is 307 Å². The molecule has 3 aromatic heterocycles. The molecule has 53 heavy (non-hydrogen) atoms. The maximum Gasteiger partial charge on any atom is 0.138 e. The van der Waals surface area contributed by atoms with Crippen LogP contribution < -0.4 is 0 Å². The maximum atomic E-state index is 6.32. The maximum absolute atomic E-state index is 6.32. The number of hydrogen-bond acceptors (Lipinski definition) is 2. The van der Waals surface area contributed by atoms with Gasteiger partial charge in [-0.1, -0.05) is 129 Å². The number of pyridine rings is 1. The molecule has 0 radical (unpaired) electrons. The van der Waals surface area contributed by atoms with Gasteiger partial charge in [-0.05, 0) is 99.1 Å². The molecule has 0 spiro atoms. The third kappa shape index (κ3) is 4.50. The van der Waals surface area contributed by atoms with E-state index in [1.165, 1.54) is 60.5 Å². The largest absolute Gasteiger partial charge is 0.456 e. The third-order valence-electron chi connectivity index (χ3n) is 11.4. The summed E-state index contributed by atoms with van der Waals surface area (Å²) in [6, 6.07) is 61.1. The van der Waals surface area contributed by atoms with Crippen LogP contribution in [0.25, 0.3) is 94.2 Å². The molecule has 0 saturated heterocycles. The summed E-state index contributed by atoms with van der Waals surface area (Å²) >= 11 is 0. The monoisotopic (exact) mass is 678 g/mol. The van der Waals surface area contributed by atoms with Crippen LogP contribution in [0, 0.1) is 0 Å². The van der Waals surface area contributed by atoms with Gasteiger partial charge in [-0.15, -0.1) is 0 Å². The van der Waals surface area contributed by atoms with Crippen LogP contribution in [0.1, 0.15) is 25.0 Å². The van der Waals surface area contributed by atoms with Crippen molar-refractivity contribution < 1.29 is 4.42 Å². The van der Waals surface area contributed by atoms with Crippen molar-refractivity contribution in [2.24, 2.45) is 0 Å². The summed E-state index contributed by atoms with van der Waals surface area (Å²) in [6.45, 7) is 4.68. The zero-order chi connectivity index (χ0) is 35.3. The van der Waals surface area contributed by atoms with E-state index in [2.05, 4.69) is 182 Å². The molecule has 7 aromatic carbocycles. The van der Waals surface area contributed by atoms with Crippen LogP contribution in [-0.4, -0.2) is 9.55 Å². The normalized spacial score (nSPS) is 13.2. The molecule has 11 rings (SSSR count). The van der Waals surface area contributed by atoms with E-state index in [4.69, 9.17) is 9.40 Å². The number of hydrogen-bond donors (Lipinski definition) is 0. The van der Waals surface area contributed by atoms with Gasteiger partial charge in [0.25, 0.3) is 0 Å². The van der Waals surface area contributed by atoms with Crippen molar-refractivity contribution in [1.29, 1.82) is 0 Å². The molecule has 3 heterocycles. The molecule has 10 aromatic rings. The minimum atomic E-state index is -0.167. The summed E-state index contributed by atoms with van der Waals surface area (Å²) in [7, 11) is 0. The molecule has 0 amide bonds. The fourth-order valence-electron chi connectivity index (χ4n) is 8.72. The van der Waals surface area contributed by atoms with Crippen LogP contribution in [-0.2, 0) is 5.41 Å². The molecule has 0 atom stereocenters. The van der Waals surface area contributed by atoms with E-state index in [0.717, 1.165) is 44.8 Å². The summed E-state index contributed by atoms with van der Waals surface area (Å²) in [5, 5.41) is 4.76. The van der Waals surface area contributed by atoms with Crippen molar-refractivity contribution in [3.8, 4) is 50.5 Å². The SMILES string of the molecule is CC1(C)c2cc(-c3ccc4c(c3)c3ccccc3n4-c3cc(-c4ccccc4)cc(-c4ccccc4)n3)ccc2-c2cc3c(cc21)oc1ccccc13. The molecule has 3 heteroatoms. The molecule has 0 N–H and O–H groups in total. The second-order valence-electron chi connectivity index (χ2n) is 14.8. The highest BCUT2D eigenvalue weighted by atomic mass is 16.3. The van der Waals surface area contributed by atoms with Gasteiger partial charge in [0.1, 0.15) is 17.0 Å². The molecule has 0 unspecified atom stereocenters. The van der Waals surface area contributed by atoms with Crippen LogP contribution in [0.4, 0.5) is 0 Å². The first-order chi connectivity index (χ1) is 26.0. The lowest BCUT2D eigenvalue weighted by molar-refractivity contribution is 0.647. The van der Waals surface area contributed by atoms with E-state index in [1.54, 1.807) is 0 Å². The van der Waals surface area contributed by atoms with E-state index in [0.29, 0.717) is 0 Å². The summed E-state index contributed by atoms with van der Waals surface area (Å²) in [5.41, 5.74) is 16.0. The highest BCUT2D eigenvalue weighted by molar-refractivity contribution is 6.11. The lowest BCUT2D eigenvalue weighted by Gasteiger charge is -2.22. The van der Waals surface area contributed by atoms with Gasteiger partial charge >= 0.3 is 0 Å². The first-order valence-corrected chi connectivity index (χ1v) is 18.3. The van der Waals surface area contributed by atoms with E-state index >= 15 is 0 Å². The molecule has 1 aliphatic rings. The number of rotatable bonds is 4. The minimum absolute atomic E-state index is 0.167. The Morgan fingerprint density at radius 3 is 1.92 bits per heavy atom. The van der Waals surface area contributed by atoms with Crippen LogP contribution in [0.2, 0.25) is 0 Å². The molecule has 0 fully saturated rings. The standard InChI is InChI=1S/C50H34N2O/c1-50(2)42-26-34(21-23-36(42)39-29-41-38-18-10-12-20-47(38)53-48(41)30-43(39)50)33-22-24-46-40(25-33)37-17-9-11-19-45(37)52(46)49-28-35(31-13-5-3-6-14-31)27-44(51-49)32-15-7-4-8-16-32/h3-30H,1-2H3. The molecule has 3 nitrogen and oxygen atoms in total. The molecular weight excluding hydrogens is 645 g/mol. The van der Waals surface area contributed by atoms with E-state index in [9.17, 15) is 0 Å². The number of para-hydroxylation sites is 2. The summed E-state index contributed by atoms with van der Waals surface area (Å²) in [5.74, 6) is 0.903. The molecule has 0 aliphatic heterocycles. The van der Waals surface area contributed by atoms with Gasteiger partial charge in [-0.3, -0.25) is 4.57 Å². The van der Waals surface area contributed by atoms with E-state index in [-0.39, 0.29) is 5.41 Å². The Balaban J connectivity index is 1.07. The number of furan rings is 1. The van der Waals surface area contributed by atoms with Gasteiger partial charge in [0.2, 0.25) is 0 Å². The fourth-order valence-corrected chi connectivity index (χ4v) is 8.72. The van der Waals surface area contributed by atoms with Crippen molar-refractivity contribution in [3.05, 3.63) is 181 Å². The van der Waals surface area contributed by atoms with Crippen molar-refractivity contribution in [3.63, 3.8) is 0 Å². The molecule has 250 valence electrons. The van der Waals surface area contributed by atoms with Crippen molar-refractivity contribution in [2.45, 2.75) is 19.3 Å². The number of fused-ring (bicyclic) bond motifs is 9. The van der Waals surface area contributed by atoms with E-state index < -0.39 is 0 Å². The average Bonchev–Trinajstić information content (AvgIpc) is 3.82. The third-order valence-corrected chi connectivity index (χ3v) is 11.4. The Bertz CT molecular complexity index is 3020. The Morgan fingerprint density at radius 2 is 1.09 bits per heavy atom. The van der Waals surface area contributed by atoms with Crippen LogP contribution >= 0.6 is 0 Å². The second-order valence-corrected chi connectivity index (χ2v) is 14.8. The fraction of sp³-hybridized carbons (Fsp3) is 0.0600. The van der Waals surface area contributed by atoms with Gasteiger partial charge in [0.15, 0.2) is 0 Å². The predicted molar refractivity (Wildman–Crippen MR) is 220 cm³/mol. The van der Waals surface area contributed by atoms with Crippen molar-refractivity contribution >= 4 is 43.7 Å². The highest BCUT2D eigenvalue weighted by Crippen LogP contribution is 2.52. The first-order valence-electron chi connectivity index (χ1n) is 18.3. The number of nitrogens with zero attached hydrogens (tertiary/aromatic N) is 2. The molecule has 0 bridgehead atoms. The summed E-state index contributed by atoms with van der Waals surface area (Å²) in [6.07, 6.45) is 0. The van der Waals surface area contributed by atoms with Crippen molar-refractivity contribution in [2.75, 3.05) is 0 Å². The Hall–Kier alpha value is -6.71. The van der Waals surface area contributed by atoms with Gasteiger partial charge in [0.05, 0.1) is 16.7 Å². The van der Waals surface area contributed by atoms with Gasteiger partial charge in [-0.25, -0.2) is 4.98 Å². The zero-order valence-corrected chi connectivity index (χ0v) is 29.5. The van der Waals surface area contributed by atoms with Crippen LogP contribution in [0.15, 0.2) is 174 Å². The summed E-state index contributed by atoms with van der Waals surface area (Å²) in [4.78, 5) is 5.32. The van der Waals surface area contributed by atoms with E-state index in [1.807, 2.05) is 6.07 Å². The predicted octanol–water partition coefficient (Wildman–Crippen LogP) is 13.4. The van der Waals surface area contributed by atoms with Gasteiger partial charge in [-0.2, -0.15) is 0 Å². The highest BCUT2D eigenvalue weighted by Gasteiger charge is 2.36. The lowest BCUT2D eigenvalue weighted by Crippen LogP contribution is -2.15. The minimum Gasteiger partial charge on any atom is -0.456 e. The zero-order valence-electron chi connectivity index (χ0n) is 29.5. The lowest BCUT2D eigenvalue weighted by atomic mass is 9.81. The van der Waals surface area contributed by atoms with Crippen molar-refractivity contribution in [1.82, 2.24) is 9.55 Å². The molecule has 0 saturated carbocycles. The molecule has 1 aliphatic carbocycles. The Kier molecular flexibility index (Phi) is 6.30. The second kappa shape index (κ2) is 11.1. The van der Waals surface area contributed by atoms with Gasteiger partial charge in [0, 0.05) is 32.5 Å². The topological polar surface area (TPSA) is 31.0 Å². The smallest absolute Gasteiger partial charge is 0.138 e. The summed E-state index contributed by atoms with van der Waals surface area (Å²) < 4.78 is 8.65. The average molecular weight is 679 g/mol. The molecular formula is C50H34N2O. The van der Waals surface area contributed by atoms with Crippen LogP contribution in [0.5, 0.6) is 0 Å².